The monoisotopic (exact) mass is 337 g/mol. The van der Waals surface area contributed by atoms with Crippen LogP contribution in [0.4, 0.5) is 0 Å². The van der Waals surface area contributed by atoms with E-state index in [0.717, 1.165) is 28.9 Å². The summed E-state index contributed by atoms with van der Waals surface area (Å²) < 4.78 is 22.1. The minimum atomic E-state index is 0.612. The van der Waals surface area contributed by atoms with E-state index >= 15 is 0 Å². The SMILES string of the molecule is COc1cc(OC)cc(C(=CC#N)c2ccc3c(c2)OCCCO3)c1. The predicted molar refractivity (Wildman–Crippen MR) is 94.3 cm³/mol. The lowest BCUT2D eigenvalue weighted by Gasteiger charge is -2.13. The Hall–Kier alpha value is -3.13. The third-order valence-corrected chi connectivity index (χ3v) is 3.93. The van der Waals surface area contributed by atoms with E-state index in [2.05, 4.69) is 6.07 Å². The van der Waals surface area contributed by atoms with Crippen molar-refractivity contribution in [3.63, 3.8) is 0 Å². The van der Waals surface area contributed by atoms with Gasteiger partial charge in [-0.2, -0.15) is 5.26 Å². The Bertz CT molecular complexity index is 814. The molecule has 1 aliphatic rings. The molecule has 2 aromatic carbocycles. The Morgan fingerprint density at radius 1 is 0.960 bits per heavy atom. The van der Waals surface area contributed by atoms with Crippen LogP contribution in [0.1, 0.15) is 17.5 Å². The standard InChI is InChI=1S/C20H19NO4/c1-22-16-10-15(11-17(13-16)23-2)18(6-7-21)14-4-5-19-20(12-14)25-9-3-8-24-19/h4-6,10-13H,3,8-9H2,1-2H3. The van der Waals surface area contributed by atoms with Crippen molar-refractivity contribution < 1.29 is 18.9 Å². The molecule has 5 heteroatoms. The molecule has 0 N–H and O–H groups in total. The first kappa shape index (κ1) is 16.7. The molecule has 0 amide bonds. The van der Waals surface area contributed by atoms with Gasteiger partial charge in [-0.25, -0.2) is 0 Å². The van der Waals surface area contributed by atoms with Crippen molar-refractivity contribution >= 4 is 5.57 Å². The number of benzene rings is 2. The molecule has 0 radical (unpaired) electrons. The van der Waals surface area contributed by atoms with Gasteiger partial charge in [0.15, 0.2) is 11.5 Å². The zero-order valence-corrected chi connectivity index (χ0v) is 14.2. The van der Waals surface area contributed by atoms with Crippen LogP contribution < -0.4 is 18.9 Å². The van der Waals surface area contributed by atoms with Gasteiger partial charge in [-0.1, -0.05) is 6.07 Å². The number of allylic oxidation sites excluding steroid dienone is 1. The number of rotatable bonds is 4. The molecule has 3 rings (SSSR count). The van der Waals surface area contributed by atoms with Crippen LogP contribution in [0.15, 0.2) is 42.5 Å². The summed E-state index contributed by atoms with van der Waals surface area (Å²) in [6.07, 6.45) is 2.35. The van der Waals surface area contributed by atoms with Gasteiger partial charge in [0.05, 0.1) is 33.5 Å². The second kappa shape index (κ2) is 7.63. The maximum atomic E-state index is 9.25. The average molecular weight is 337 g/mol. The van der Waals surface area contributed by atoms with E-state index in [1.54, 1.807) is 20.3 Å². The van der Waals surface area contributed by atoms with Gasteiger partial charge in [0.25, 0.3) is 0 Å². The van der Waals surface area contributed by atoms with E-state index in [9.17, 15) is 5.26 Å². The lowest BCUT2D eigenvalue weighted by Crippen LogP contribution is -1.97. The molecule has 0 saturated carbocycles. The van der Waals surface area contributed by atoms with Crippen molar-refractivity contribution in [2.75, 3.05) is 27.4 Å². The van der Waals surface area contributed by atoms with Gasteiger partial charge < -0.3 is 18.9 Å². The summed E-state index contributed by atoms with van der Waals surface area (Å²) in [4.78, 5) is 0. The van der Waals surface area contributed by atoms with E-state index in [0.29, 0.717) is 30.5 Å². The minimum absolute atomic E-state index is 0.612. The number of nitriles is 1. The summed E-state index contributed by atoms with van der Waals surface area (Å²) in [7, 11) is 3.19. The van der Waals surface area contributed by atoms with Crippen LogP contribution >= 0.6 is 0 Å². The van der Waals surface area contributed by atoms with Crippen molar-refractivity contribution in [2.24, 2.45) is 0 Å². The third-order valence-electron chi connectivity index (χ3n) is 3.93. The van der Waals surface area contributed by atoms with Crippen LogP contribution in [0.3, 0.4) is 0 Å². The summed E-state index contributed by atoms with van der Waals surface area (Å²) in [6.45, 7) is 1.25. The first-order valence-electron chi connectivity index (χ1n) is 7.98. The Labute approximate surface area is 147 Å². The molecule has 1 heterocycles. The van der Waals surface area contributed by atoms with Gasteiger partial charge >= 0.3 is 0 Å². The van der Waals surface area contributed by atoms with Crippen molar-refractivity contribution in [3.05, 3.63) is 53.6 Å². The molecule has 0 aliphatic carbocycles. The Morgan fingerprint density at radius 3 is 2.28 bits per heavy atom. The zero-order valence-electron chi connectivity index (χ0n) is 14.2. The van der Waals surface area contributed by atoms with Crippen LogP contribution in [0.25, 0.3) is 5.57 Å². The quantitative estimate of drug-likeness (QED) is 0.794. The summed E-state index contributed by atoms with van der Waals surface area (Å²) >= 11 is 0. The molecule has 5 nitrogen and oxygen atoms in total. The lowest BCUT2D eigenvalue weighted by atomic mass is 9.96. The van der Waals surface area contributed by atoms with Crippen molar-refractivity contribution in [1.82, 2.24) is 0 Å². The molecule has 0 fully saturated rings. The van der Waals surface area contributed by atoms with E-state index < -0.39 is 0 Å². The highest BCUT2D eigenvalue weighted by Crippen LogP contribution is 2.36. The van der Waals surface area contributed by atoms with Crippen LogP contribution in [0, 0.1) is 11.3 Å². The molecule has 0 bridgehead atoms. The number of hydrogen-bond donors (Lipinski definition) is 0. The predicted octanol–water partition coefficient (Wildman–Crippen LogP) is 3.82. The average Bonchev–Trinajstić information content (AvgIpc) is 2.90. The van der Waals surface area contributed by atoms with Crippen molar-refractivity contribution in [1.29, 1.82) is 5.26 Å². The highest BCUT2D eigenvalue weighted by molar-refractivity contribution is 5.83. The number of fused-ring (bicyclic) bond motifs is 1. The molecule has 0 saturated heterocycles. The molecular formula is C20H19NO4. The number of hydrogen-bond acceptors (Lipinski definition) is 5. The van der Waals surface area contributed by atoms with Gasteiger partial charge in [0.2, 0.25) is 0 Å². The van der Waals surface area contributed by atoms with E-state index in [1.165, 1.54) is 6.08 Å². The van der Waals surface area contributed by atoms with Crippen molar-refractivity contribution in [3.8, 4) is 29.1 Å². The lowest BCUT2D eigenvalue weighted by molar-refractivity contribution is 0.297. The van der Waals surface area contributed by atoms with E-state index in [-0.39, 0.29) is 0 Å². The molecule has 0 atom stereocenters. The second-order valence-corrected chi connectivity index (χ2v) is 5.50. The molecular weight excluding hydrogens is 318 g/mol. The number of methoxy groups -OCH3 is 2. The molecule has 1 aliphatic heterocycles. The largest absolute Gasteiger partial charge is 0.497 e. The van der Waals surface area contributed by atoms with Gasteiger partial charge in [-0.3, -0.25) is 0 Å². The summed E-state index contributed by atoms with van der Waals surface area (Å²) in [6, 6.07) is 13.3. The van der Waals surface area contributed by atoms with Gasteiger partial charge in [0, 0.05) is 18.6 Å². The Balaban J connectivity index is 2.07. The van der Waals surface area contributed by atoms with Gasteiger partial charge in [-0.05, 0) is 41.0 Å². The minimum Gasteiger partial charge on any atom is -0.497 e. The van der Waals surface area contributed by atoms with Crippen LogP contribution in [-0.4, -0.2) is 27.4 Å². The zero-order chi connectivity index (χ0) is 17.6. The highest BCUT2D eigenvalue weighted by Gasteiger charge is 2.15. The third kappa shape index (κ3) is 3.69. The van der Waals surface area contributed by atoms with Gasteiger partial charge in [-0.15, -0.1) is 0 Å². The summed E-state index contributed by atoms with van der Waals surface area (Å²) in [5, 5.41) is 9.25. The molecule has 2 aromatic rings. The fourth-order valence-corrected chi connectivity index (χ4v) is 2.69. The number of nitrogens with zero attached hydrogens (tertiary/aromatic N) is 1. The Kier molecular flexibility index (Phi) is 5.10. The van der Waals surface area contributed by atoms with Gasteiger partial charge in [0.1, 0.15) is 11.5 Å². The summed E-state index contributed by atoms with van der Waals surface area (Å²) in [5.41, 5.74) is 2.45. The number of ether oxygens (including phenoxy) is 4. The second-order valence-electron chi connectivity index (χ2n) is 5.50. The molecule has 0 spiro atoms. The van der Waals surface area contributed by atoms with E-state index in [4.69, 9.17) is 18.9 Å². The summed E-state index contributed by atoms with van der Waals surface area (Å²) in [5.74, 6) is 2.73. The fraction of sp³-hybridized carbons (Fsp3) is 0.250. The molecule has 0 unspecified atom stereocenters. The van der Waals surface area contributed by atoms with E-state index in [1.807, 2.05) is 30.3 Å². The molecule has 0 aromatic heterocycles. The maximum absolute atomic E-state index is 9.25. The Morgan fingerprint density at radius 2 is 1.64 bits per heavy atom. The maximum Gasteiger partial charge on any atom is 0.161 e. The van der Waals surface area contributed by atoms with Crippen molar-refractivity contribution in [2.45, 2.75) is 6.42 Å². The first-order chi connectivity index (χ1) is 12.2. The van der Waals surface area contributed by atoms with Crippen LogP contribution in [-0.2, 0) is 0 Å². The van der Waals surface area contributed by atoms with Crippen LogP contribution in [0.2, 0.25) is 0 Å². The van der Waals surface area contributed by atoms with Crippen LogP contribution in [0.5, 0.6) is 23.0 Å². The first-order valence-corrected chi connectivity index (χ1v) is 7.98. The molecule has 25 heavy (non-hydrogen) atoms. The highest BCUT2D eigenvalue weighted by atomic mass is 16.5. The smallest absolute Gasteiger partial charge is 0.161 e. The topological polar surface area (TPSA) is 60.7 Å². The fourth-order valence-electron chi connectivity index (χ4n) is 2.69. The molecule has 128 valence electrons. The normalized spacial score (nSPS) is 13.6.